The van der Waals surface area contributed by atoms with Crippen LogP contribution in [-0.4, -0.2) is 39.4 Å². The lowest BCUT2D eigenvalue weighted by Gasteiger charge is -2.08. The molecule has 8 nitrogen and oxygen atoms in total. The zero-order valence-corrected chi connectivity index (χ0v) is 19.8. The van der Waals surface area contributed by atoms with Crippen LogP contribution >= 0.6 is 23.4 Å². The molecule has 3 aromatic rings. The zero-order valence-electron chi connectivity index (χ0n) is 18.2. The number of amides is 2. The highest BCUT2D eigenvalue weighted by molar-refractivity contribution is 7.99. The number of hydrogen-bond donors (Lipinski definition) is 2. The molecule has 0 saturated heterocycles. The van der Waals surface area contributed by atoms with Crippen LogP contribution < -0.4 is 15.4 Å². The summed E-state index contributed by atoms with van der Waals surface area (Å²) in [6.07, 6.45) is 3.08. The van der Waals surface area contributed by atoms with Crippen LogP contribution in [0.3, 0.4) is 0 Å². The number of methoxy groups -OCH3 is 1. The molecule has 2 aromatic carbocycles. The van der Waals surface area contributed by atoms with Gasteiger partial charge in [-0.15, -0.1) is 10.2 Å². The molecule has 3 rings (SSSR count). The molecule has 0 aliphatic rings. The number of nitrogens with zero attached hydrogens (tertiary/aromatic N) is 3. The lowest BCUT2D eigenvalue weighted by Crippen LogP contribution is -2.22. The Labute approximate surface area is 201 Å². The van der Waals surface area contributed by atoms with Gasteiger partial charge in [0.05, 0.1) is 19.4 Å². The third-order valence-corrected chi connectivity index (χ3v) is 5.87. The first-order valence-corrected chi connectivity index (χ1v) is 11.6. The number of carbonyl (C=O) groups excluding carboxylic acids is 2. The summed E-state index contributed by atoms with van der Waals surface area (Å²) < 4.78 is 6.97. The van der Waals surface area contributed by atoms with Crippen molar-refractivity contribution in [3.05, 3.63) is 71.0 Å². The van der Waals surface area contributed by atoms with Crippen molar-refractivity contribution < 1.29 is 14.3 Å². The lowest BCUT2D eigenvalue weighted by atomic mass is 10.2. The molecule has 0 radical (unpaired) electrons. The SMILES string of the molecule is CCn1c(CNC(=O)/C=C/c2ccccc2Cl)nnc1SCC(=O)Nc1ccc(OC)cc1. The fraction of sp³-hybridized carbons (Fsp3) is 0.217. The molecule has 0 aliphatic carbocycles. The molecule has 1 aromatic heterocycles. The van der Waals surface area contributed by atoms with Crippen LogP contribution in [0.1, 0.15) is 18.3 Å². The summed E-state index contributed by atoms with van der Waals surface area (Å²) in [5.41, 5.74) is 1.45. The molecule has 0 saturated carbocycles. The molecular weight excluding hydrogens is 462 g/mol. The van der Waals surface area contributed by atoms with Gasteiger partial charge in [0.1, 0.15) is 5.75 Å². The fourth-order valence-electron chi connectivity index (χ4n) is 2.88. The van der Waals surface area contributed by atoms with Crippen molar-refractivity contribution in [3.8, 4) is 5.75 Å². The van der Waals surface area contributed by atoms with E-state index >= 15 is 0 Å². The number of nitrogens with one attached hydrogen (secondary N) is 2. The molecule has 0 atom stereocenters. The summed E-state index contributed by atoms with van der Waals surface area (Å²) in [4.78, 5) is 24.5. The molecule has 2 N–H and O–H groups in total. The van der Waals surface area contributed by atoms with E-state index in [9.17, 15) is 9.59 Å². The Morgan fingerprint density at radius 1 is 1.15 bits per heavy atom. The predicted octanol–water partition coefficient (Wildman–Crippen LogP) is 4.02. The number of aromatic nitrogens is 3. The number of halogens is 1. The van der Waals surface area contributed by atoms with Crippen molar-refractivity contribution in [3.63, 3.8) is 0 Å². The van der Waals surface area contributed by atoms with E-state index in [2.05, 4.69) is 20.8 Å². The molecule has 2 amide bonds. The lowest BCUT2D eigenvalue weighted by molar-refractivity contribution is -0.116. The molecule has 33 heavy (non-hydrogen) atoms. The first-order valence-electron chi connectivity index (χ1n) is 10.2. The van der Waals surface area contributed by atoms with E-state index in [4.69, 9.17) is 16.3 Å². The van der Waals surface area contributed by atoms with E-state index in [1.54, 1.807) is 43.5 Å². The van der Waals surface area contributed by atoms with Crippen LogP contribution in [-0.2, 0) is 22.7 Å². The fourth-order valence-corrected chi connectivity index (χ4v) is 3.90. The largest absolute Gasteiger partial charge is 0.497 e. The summed E-state index contributed by atoms with van der Waals surface area (Å²) in [5.74, 6) is 1.08. The van der Waals surface area contributed by atoms with Crippen molar-refractivity contribution in [1.82, 2.24) is 20.1 Å². The number of benzene rings is 2. The van der Waals surface area contributed by atoms with E-state index in [0.29, 0.717) is 28.2 Å². The average Bonchev–Trinajstić information content (AvgIpc) is 3.23. The van der Waals surface area contributed by atoms with Gasteiger partial charge in [-0.2, -0.15) is 0 Å². The highest BCUT2D eigenvalue weighted by Crippen LogP contribution is 2.19. The van der Waals surface area contributed by atoms with E-state index < -0.39 is 0 Å². The molecule has 10 heteroatoms. The number of anilines is 1. The second-order valence-electron chi connectivity index (χ2n) is 6.78. The minimum absolute atomic E-state index is 0.157. The summed E-state index contributed by atoms with van der Waals surface area (Å²) in [6.45, 7) is 2.77. The second-order valence-corrected chi connectivity index (χ2v) is 8.13. The highest BCUT2D eigenvalue weighted by Gasteiger charge is 2.14. The Hall–Kier alpha value is -3.30. The highest BCUT2D eigenvalue weighted by atomic mass is 35.5. The van der Waals surface area contributed by atoms with Gasteiger partial charge >= 0.3 is 0 Å². The number of carbonyl (C=O) groups is 2. The minimum atomic E-state index is -0.270. The Morgan fingerprint density at radius 3 is 2.61 bits per heavy atom. The molecule has 1 heterocycles. The Morgan fingerprint density at radius 2 is 1.91 bits per heavy atom. The third kappa shape index (κ3) is 7.10. The standard InChI is InChI=1S/C23H24ClN5O3S/c1-3-29-20(14-25-21(30)13-8-16-6-4-5-7-19(16)24)27-28-23(29)33-15-22(31)26-17-9-11-18(32-2)12-10-17/h4-13H,3,14-15H2,1-2H3,(H,25,30)(H,26,31)/b13-8+. The van der Waals surface area contributed by atoms with E-state index in [1.807, 2.05) is 29.7 Å². The summed E-state index contributed by atoms with van der Waals surface area (Å²) >= 11 is 7.37. The summed E-state index contributed by atoms with van der Waals surface area (Å²) in [6, 6.07) is 14.4. The van der Waals surface area contributed by atoms with Gasteiger partial charge in [-0.05, 0) is 48.9 Å². The third-order valence-electron chi connectivity index (χ3n) is 4.56. The van der Waals surface area contributed by atoms with Gasteiger partial charge in [0, 0.05) is 23.3 Å². The van der Waals surface area contributed by atoms with Gasteiger partial charge in [0.2, 0.25) is 11.8 Å². The van der Waals surface area contributed by atoms with Crippen LogP contribution in [0.5, 0.6) is 5.75 Å². The van der Waals surface area contributed by atoms with Gasteiger partial charge in [0.25, 0.3) is 0 Å². The smallest absolute Gasteiger partial charge is 0.244 e. The molecule has 0 unspecified atom stereocenters. The van der Waals surface area contributed by atoms with Crippen LogP contribution in [0, 0.1) is 0 Å². The molecule has 172 valence electrons. The van der Waals surface area contributed by atoms with Gasteiger partial charge < -0.3 is 19.9 Å². The van der Waals surface area contributed by atoms with Gasteiger partial charge in [-0.1, -0.05) is 41.6 Å². The predicted molar refractivity (Wildman–Crippen MR) is 130 cm³/mol. The number of hydrogen-bond acceptors (Lipinski definition) is 6. The van der Waals surface area contributed by atoms with E-state index in [1.165, 1.54) is 17.8 Å². The average molecular weight is 486 g/mol. The molecular formula is C23H24ClN5O3S. The van der Waals surface area contributed by atoms with Crippen molar-refractivity contribution in [2.24, 2.45) is 0 Å². The number of thioether (sulfide) groups is 1. The van der Waals surface area contributed by atoms with Crippen molar-refractivity contribution in [2.45, 2.75) is 25.2 Å². The molecule has 0 aliphatic heterocycles. The normalized spacial score (nSPS) is 10.9. The van der Waals surface area contributed by atoms with Crippen LogP contribution in [0.4, 0.5) is 5.69 Å². The maximum absolute atomic E-state index is 12.3. The second kappa shape index (κ2) is 12.1. The van der Waals surface area contributed by atoms with Crippen molar-refractivity contribution in [2.75, 3.05) is 18.2 Å². The minimum Gasteiger partial charge on any atom is -0.497 e. The van der Waals surface area contributed by atoms with E-state index in [-0.39, 0.29) is 24.1 Å². The number of ether oxygens (including phenoxy) is 1. The molecule has 0 fully saturated rings. The monoisotopic (exact) mass is 485 g/mol. The molecule has 0 bridgehead atoms. The Balaban J connectivity index is 1.52. The van der Waals surface area contributed by atoms with Crippen molar-refractivity contribution in [1.29, 1.82) is 0 Å². The zero-order chi connectivity index (χ0) is 23.6. The quantitative estimate of drug-likeness (QED) is 0.332. The molecule has 0 spiro atoms. The van der Waals surface area contributed by atoms with Crippen molar-refractivity contribution >= 4 is 46.9 Å². The van der Waals surface area contributed by atoms with Gasteiger partial charge in [-0.3, -0.25) is 9.59 Å². The maximum Gasteiger partial charge on any atom is 0.244 e. The van der Waals surface area contributed by atoms with Gasteiger partial charge in [-0.25, -0.2) is 0 Å². The Bertz CT molecular complexity index is 1130. The topological polar surface area (TPSA) is 98.1 Å². The Kier molecular flexibility index (Phi) is 8.91. The van der Waals surface area contributed by atoms with E-state index in [0.717, 1.165) is 11.3 Å². The maximum atomic E-state index is 12.3. The first-order chi connectivity index (χ1) is 16.0. The summed E-state index contributed by atoms with van der Waals surface area (Å²) in [7, 11) is 1.59. The van der Waals surface area contributed by atoms with Crippen LogP contribution in [0.15, 0.2) is 59.8 Å². The van der Waals surface area contributed by atoms with Gasteiger partial charge in [0.15, 0.2) is 11.0 Å². The van der Waals surface area contributed by atoms with Crippen LogP contribution in [0.2, 0.25) is 5.02 Å². The first kappa shape index (κ1) is 24.3. The summed E-state index contributed by atoms with van der Waals surface area (Å²) in [5, 5.41) is 15.1. The van der Waals surface area contributed by atoms with Crippen LogP contribution in [0.25, 0.3) is 6.08 Å². The number of rotatable bonds is 10.